The Balaban J connectivity index is 1.79. The average molecular weight is 367 g/mol. The second-order valence-corrected chi connectivity index (χ2v) is 13.3. The molecule has 0 atom stereocenters. The van der Waals surface area contributed by atoms with Gasteiger partial charge in [-0.1, -0.05) is 68.2 Å². The zero-order valence-corrected chi connectivity index (χ0v) is 16.9. The Labute approximate surface area is 156 Å². The first-order valence-electron chi connectivity index (χ1n) is 8.95. The predicted octanol–water partition coefficient (Wildman–Crippen LogP) is 4.63. The van der Waals surface area contributed by atoms with Crippen molar-refractivity contribution < 1.29 is 4.74 Å². The normalized spacial score (nSPS) is 11.7. The molecule has 5 nitrogen and oxygen atoms in total. The summed E-state index contributed by atoms with van der Waals surface area (Å²) < 4.78 is 5.72. The van der Waals surface area contributed by atoms with Crippen LogP contribution >= 0.6 is 0 Å². The molecule has 0 fully saturated rings. The van der Waals surface area contributed by atoms with Gasteiger partial charge in [0.05, 0.1) is 0 Å². The molecule has 2 aromatic carbocycles. The second-order valence-electron chi connectivity index (χ2n) is 7.70. The van der Waals surface area contributed by atoms with Crippen molar-refractivity contribution in [2.24, 2.45) is 0 Å². The first-order valence-corrected chi connectivity index (χ1v) is 12.7. The van der Waals surface area contributed by atoms with Crippen LogP contribution in [0.25, 0.3) is 22.5 Å². The van der Waals surface area contributed by atoms with Crippen LogP contribution in [0.4, 0.5) is 0 Å². The fourth-order valence-electron chi connectivity index (χ4n) is 2.75. The van der Waals surface area contributed by atoms with E-state index in [9.17, 15) is 0 Å². The van der Waals surface area contributed by atoms with Gasteiger partial charge in [-0.2, -0.15) is 0 Å². The Morgan fingerprint density at radius 1 is 1.00 bits per heavy atom. The first kappa shape index (κ1) is 18.5. The van der Waals surface area contributed by atoms with E-state index in [4.69, 9.17) is 4.74 Å². The number of aryl methyl sites for hydroxylation is 1. The van der Waals surface area contributed by atoms with Crippen LogP contribution in [0.5, 0.6) is 0 Å². The second kappa shape index (κ2) is 7.93. The standard InChI is InChI=1S/C20H26N4OSi/c1-16-9-8-12-18(17-10-6-5-7-11-17)19(16)20-21-23-24(22-20)15-25-13-14-26(2,3)4/h5-12H,13-15H2,1-4H3. The minimum Gasteiger partial charge on any atom is -0.358 e. The third-order valence-electron chi connectivity index (χ3n) is 4.24. The fourth-order valence-corrected chi connectivity index (χ4v) is 3.50. The largest absolute Gasteiger partial charge is 0.358 e. The highest BCUT2D eigenvalue weighted by atomic mass is 28.3. The Morgan fingerprint density at radius 2 is 1.77 bits per heavy atom. The van der Waals surface area contributed by atoms with E-state index < -0.39 is 8.07 Å². The number of benzene rings is 2. The lowest BCUT2D eigenvalue weighted by molar-refractivity contribution is 0.0674. The monoisotopic (exact) mass is 366 g/mol. The summed E-state index contributed by atoms with van der Waals surface area (Å²) in [4.78, 5) is 1.53. The van der Waals surface area contributed by atoms with Gasteiger partial charge in [-0.05, 0) is 34.9 Å². The Bertz CT molecular complexity index is 856. The molecule has 1 aromatic heterocycles. The topological polar surface area (TPSA) is 52.8 Å². The quantitative estimate of drug-likeness (QED) is 0.452. The van der Waals surface area contributed by atoms with Gasteiger partial charge in [-0.25, -0.2) is 0 Å². The fraction of sp³-hybridized carbons (Fsp3) is 0.350. The summed E-state index contributed by atoms with van der Waals surface area (Å²) in [6, 6.07) is 17.7. The van der Waals surface area contributed by atoms with Crippen LogP contribution in [0.1, 0.15) is 5.56 Å². The smallest absolute Gasteiger partial charge is 0.205 e. The summed E-state index contributed by atoms with van der Waals surface area (Å²) in [5.74, 6) is 0.635. The van der Waals surface area contributed by atoms with Crippen molar-refractivity contribution in [2.45, 2.75) is 39.3 Å². The molecule has 0 amide bonds. The molecular formula is C20H26N4OSi. The van der Waals surface area contributed by atoms with Gasteiger partial charge >= 0.3 is 0 Å². The zero-order chi connectivity index (χ0) is 18.6. The van der Waals surface area contributed by atoms with Gasteiger partial charge in [0.1, 0.15) is 0 Å². The lowest BCUT2D eigenvalue weighted by atomic mass is 9.95. The maximum atomic E-state index is 5.72. The van der Waals surface area contributed by atoms with Gasteiger partial charge in [0, 0.05) is 20.2 Å². The number of nitrogens with zero attached hydrogens (tertiary/aromatic N) is 4. The summed E-state index contributed by atoms with van der Waals surface area (Å²) in [5, 5.41) is 13.0. The highest BCUT2D eigenvalue weighted by Gasteiger charge is 2.15. The Kier molecular flexibility index (Phi) is 5.63. The van der Waals surface area contributed by atoms with Crippen LogP contribution in [-0.4, -0.2) is 34.9 Å². The molecule has 0 bridgehead atoms. The van der Waals surface area contributed by atoms with Gasteiger partial charge in [0.25, 0.3) is 0 Å². The Hall–Kier alpha value is -2.31. The predicted molar refractivity (Wildman–Crippen MR) is 108 cm³/mol. The van der Waals surface area contributed by atoms with E-state index in [0.717, 1.165) is 34.9 Å². The molecule has 26 heavy (non-hydrogen) atoms. The third-order valence-corrected chi connectivity index (χ3v) is 5.94. The minimum absolute atomic E-state index is 0.337. The molecule has 0 aliphatic heterocycles. The maximum Gasteiger partial charge on any atom is 0.205 e. The highest BCUT2D eigenvalue weighted by Crippen LogP contribution is 2.32. The molecule has 1 heterocycles. The number of rotatable bonds is 7. The van der Waals surface area contributed by atoms with E-state index in [-0.39, 0.29) is 0 Å². The highest BCUT2D eigenvalue weighted by molar-refractivity contribution is 6.76. The zero-order valence-electron chi connectivity index (χ0n) is 15.9. The molecule has 3 aromatic rings. The van der Waals surface area contributed by atoms with Crippen LogP contribution in [-0.2, 0) is 11.5 Å². The van der Waals surface area contributed by atoms with Crippen molar-refractivity contribution in [3.8, 4) is 22.5 Å². The molecule has 0 radical (unpaired) electrons. The molecule has 0 unspecified atom stereocenters. The lowest BCUT2D eigenvalue weighted by Gasteiger charge is -2.14. The molecule has 0 saturated carbocycles. The van der Waals surface area contributed by atoms with Crippen LogP contribution in [0.3, 0.4) is 0 Å². The lowest BCUT2D eigenvalue weighted by Crippen LogP contribution is -2.22. The third kappa shape index (κ3) is 4.65. The SMILES string of the molecule is Cc1cccc(-c2ccccc2)c1-c1nnn(COCC[Si](C)(C)C)n1. The molecule has 0 N–H and O–H groups in total. The molecule has 0 spiro atoms. The summed E-state index contributed by atoms with van der Waals surface area (Å²) >= 11 is 0. The Morgan fingerprint density at radius 3 is 2.50 bits per heavy atom. The number of tetrazole rings is 1. The van der Waals surface area contributed by atoms with E-state index in [1.807, 2.05) is 18.2 Å². The van der Waals surface area contributed by atoms with Crippen LogP contribution < -0.4 is 0 Å². The van der Waals surface area contributed by atoms with Crippen molar-refractivity contribution in [3.63, 3.8) is 0 Å². The molecule has 0 aliphatic rings. The molecule has 3 rings (SSSR count). The van der Waals surface area contributed by atoms with Crippen molar-refractivity contribution >= 4 is 8.07 Å². The van der Waals surface area contributed by atoms with E-state index in [0.29, 0.717) is 12.6 Å². The van der Waals surface area contributed by atoms with Crippen molar-refractivity contribution in [3.05, 3.63) is 54.1 Å². The molecular weight excluding hydrogens is 340 g/mol. The number of hydrogen-bond donors (Lipinski definition) is 0. The van der Waals surface area contributed by atoms with E-state index >= 15 is 0 Å². The summed E-state index contributed by atoms with van der Waals surface area (Å²) in [6.45, 7) is 10.2. The number of hydrogen-bond acceptors (Lipinski definition) is 4. The minimum atomic E-state index is -1.09. The average Bonchev–Trinajstić information content (AvgIpc) is 3.07. The van der Waals surface area contributed by atoms with Crippen molar-refractivity contribution in [1.29, 1.82) is 0 Å². The molecule has 136 valence electrons. The van der Waals surface area contributed by atoms with Crippen LogP contribution in [0.2, 0.25) is 25.7 Å². The van der Waals surface area contributed by atoms with Gasteiger partial charge in [0.2, 0.25) is 5.82 Å². The number of aromatic nitrogens is 4. The first-order chi connectivity index (χ1) is 12.4. The van der Waals surface area contributed by atoms with E-state index in [2.05, 4.69) is 72.3 Å². The maximum absolute atomic E-state index is 5.72. The molecule has 0 saturated heterocycles. The summed E-state index contributed by atoms with van der Waals surface area (Å²) in [5.41, 5.74) is 4.41. The van der Waals surface area contributed by atoms with Crippen LogP contribution in [0.15, 0.2) is 48.5 Å². The van der Waals surface area contributed by atoms with Crippen molar-refractivity contribution in [2.75, 3.05) is 6.61 Å². The van der Waals surface area contributed by atoms with Gasteiger partial charge in [-0.15, -0.1) is 15.0 Å². The summed E-state index contributed by atoms with van der Waals surface area (Å²) in [6.07, 6.45) is 0. The van der Waals surface area contributed by atoms with E-state index in [1.165, 1.54) is 4.80 Å². The number of ether oxygens (including phenoxy) is 1. The van der Waals surface area contributed by atoms with Gasteiger partial charge in [-0.3, -0.25) is 0 Å². The summed E-state index contributed by atoms with van der Waals surface area (Å²) in [7, 11) is -1.09. The van der Waals surface area contributed by atoms with E-state index in [1.54, 1.807) is 0 Å². The van der Waals surface area contributed by atoms with Gasteiger partial charge in [0.15, 0.2) is 6.73 Å². The molecule has 0 aliphatic carbocycles. The van der Waals surface area contributed by atoms with Crippen LogP contribution in [0, 0.1) is 6.92 Å². The van der Waals surface area contributed by atoms with Crippen molar-refractivity contribution in [1.82, 2.24) is 20.2 Å². The molecule has 6 heteroatoms. The van der Waals surface area contributed by atoms with Gasteiger partial charge < -0.3 is 4.74 Å².